The number of hydrogen-bond acceptors (Lipinski definition) is 4. The lowest BCUT2D eigenvalue weighted by atomic mass is 10.1. The molecule has 27 heavy (non-hydrogen) atoms. The summed E-state index contributed by atoms with van der Waals surface area (Å²) in [6.45, 7) is 5.85. The van der Waals surface area contributed by atoms with Crippen LogP contribution in [0.5, 0.6) is 0 Å². The second-order valence-corrected chi connectivity index (χ2v) is 7.68. The molecule has 0 saturated carbocycles. The van der Waals surface area contributed by atoms with Crippen LogP contribution in [0.4, 0.5) is 0 Å². The molecule has 0 spiro atoms. The van der Waals surface area contributed by atoms with Crippen molar-refractivity contribution >= 4 is 34.5 Å². The van der Waals surface area contributed by atoms with E-state index in [0.29, 0.717) is 5.56 Å². The van der Waals surface area contributed by atoms with E-state index in [1.165, 1.54) is 11.8 Å². The molecule has 3 aromatic rings. The summed E-state index contributed by atoms with van der Waals surface area (Å²) in [6.07, 6.45) is 0. The monoisotopic (exact) mass is 379 g/mol. The van der Waals surface area contributed by atoms with Crippen LogP contribution in [0.3, 0.4) is 0 Å². The second-order valence-electron chi connectivity index (χ2n) is 6.32. The molecule has 0 bridgehead atoms. The zero-order valence-electron chi connectivity index (χ0n) is 15.4. The van der Waals surface area contributed by atoms with Crippen molar-refractivity contribution in [1.29, 1.82) is 0 Å². The van der Waals surface area contributed by atoms with Crippen LogP contribution >= 0.6 is 11.8 Å². The lowest BCUT2D eigenvalue weighted by Gasteiger charge is -2.14. The Morgan fingerprint density at radius 3 is 2.44 bits per heavy atom. The summed E-state index contributed by atoms with van der Waals surface area (Å²) in [4.78, 5) is 29.0. The maximum atomic E-state index is 12.3. The van der Waals surface area contributed by atoms with Crippen molar-refractivity contribution < 1.29 is 9.59 Å². The number of rotatable bonds is 4. The van der Waals surface area contributed by atoms with Crippen LogP contribution in [0.15, 0.2) is 59.6 Å². The Bertz CT molecular complexity index is 989. The number of pyridine rings is 1. The molecule has 2 amide bonds. The third-order valence-electron chi connectivity index (χ3n) is 4.23. The zero-order chi connectivity index (χ0) is 19.4. The minimum Gasteiger partial charge on any atom is -0.272 e. The molecule has 0 aliphatic carbocycles. The standard InChI is InChI=1S/C21H21N3O2S/c1-13-8-7-11-17-14(2)12-18(22-19(13)17)27-15(3)20(25)23-24-21(26)16-9-5-4-6-10-16/h4-12,15H,1-3H3,(H,23,25)(H,24,26)/t15-/m1/s1. The largest absolute Gasteiger partial charge is 0.272 e. The quantitative estimate of drug-likeness (QED) is 0.534. The van der Waals surface area contributed by atoms with Crippen molar-refractivity contribution in [3.63, 3.8) is 0 Å². The van der Waals surface area contributed by atoms with E-state index in [-0.39, 0.29) is 11.8 Å². The first-order valence-corrected chi connectivity index (χ1v) is 9.52. The number of aryl methyl sites for hydroxylation is 2. The van der Waals surface area contributed by atoms with E-state index in [1.807, 2.05) is 44.2 Å². The van der Waals surface area contributed by atoms with E-state index in [0.717, 1.165) is 27.1 Å². The van der Waals surface area contributed by atoms with Gasteiger partial charge in [0, 0.05) is 10.9 Å². The van der Waals surface area contributed by atoms with Crippen molar-refractivity contribution in [3.05, 3.63) is 71.3 Å². The second kappa shape index (κ2) is 8.22. The maximum Gasteiger partial charge on any atom is 0.269 e. The van der Waals surface area contributed by atoms with Crippen molar-refractivity contribution in [2.45, 2.75) is 31.0 Å². The number of carbonyl (C=O) groups is 2. The molecule has 2 aromatic carbocycles. The predicted octanol–water partition coefficient (Wildman–Crippen LogP) is 3.79. The molecule has 0 fully saturated rings. The fourth-order valence-electron chi connectivity index (χ4n) is 2.71. The molecule has 0 unspecified atom stereocenters. The number of hydrogen-bond donors (Lipinski definition) is 2. The molecule has 1 heterocycles. The lowest BCUT2D eigenvalue weighted by Crippen LogP contribution is -2.44. The summed E-state index contributed by atoms with van der Waals surface area (Å²) in [6, 6.07) is 16.8. The molecule has 0 saturated heterocycles. The molecule has 1 aromatic heterocycles. The van der Waals surface area contributed by atoms with Crippen molar-refractivity contribution in [1.82, 2.24) is 15.8 Å². The van der Waals surface area contributed by atoms with Gasteiger partial charge in [0.25, 0.3) is 11.8 Å². The number of nitrogens with one attached hydrogen (secondary N) is 2. The Morgan fingerprint density at radius 2 is 1.70 bits per heavy atom. The molecule has 0 radical (unpaired) electrons. The van der Waals surface area contributed by atoms with Crippen molar-refractivity contribution in [2.24, 2.45) is 0 Å². The molecule has 5 nitrogen and oxygen atoms in total. The highest BCUT2D eigenvalue weighted by molar-refractivity contribution is 8.00. The fraction of sp³-hybridized carbons (Fsp3) is 0.190. The molecule has 138 valence electrons. The lowest BCUT2D eigenvalue weighted by molar-refractivity contribution is -0.121. The Labute approximate surface area is 162 Å². The van der Waals surface area contributed by atoms with Crippen molar-refractivity contribution in [3.8, 4) is 0 Å². The molecule has 0 aliphatic rings. The number of nitrogens with zero attached hydrogens (tertiary/aromatic N) is 1. The normalized spacial score (nSPS) is 11.8. The molecule has 2 N–H and O–H groups in total. The van der Waals surface area contributed by atoms with E-state index in [2.05, 4.69) is 10.9 Å². The minimum atomic E-state index is -0.408. The Morgan fingerprint density at radius 1 is 0.963 bits per heavy atom. The smallest absolute Gasteiger partial charge is 0.269 e. The highest BCUT2D eigenvalue weighted by Crippen LogP contribution is 2.28. The molecule has 1 atom stereocenters. The number of carbonyl (C=O) groups excluding carboxylic acids is 2. The zero-order valence-corrected chi connectivity index (χ0v) is 16.3. The van der Waals surface area contributed by atoms with Gasteiger partial charge in [0.15, 0.2) is 0 Å². The highest BCUT2D eigenvalue weighted by atomic mass is 32.2. The van der Waals surface area contributed by atoms with Crippen LogP contribution in [0.1, 0.15) is 28.4 Å². The van der Waals surface area contributed by atoms with Crippen LogP contribution in [-0.4, -0.2) is 22.0 Å². The van der Waals surface area contributed by atoms with Gasteiger partial charge in [-0.1, -0.05) is 48.2 Å². The number of hydrazine groups is 1. The van der Waals surface area contributed by atoms with Gasteiger partial charge in [0.2, 0.25) is 0 Å². The van der Waals surface area contributed by atoms with Gasteiger partial charge in [-0.05, 0) is 50.1 Å². The van der Waals surface area contributed by atoms with E-state index in [1.54, 1.807) is 31.2 Å². The SMILES string of the molecule is Cc1cc(S[C@H](C)C(=O)NNC(=O)c2ccccc2)nc2c(C)cccc12. The fourth-order valence-corrected chi connectivity index (χ4v) is 3.62. The first-order chi connectivity index (χ1) is 13.0. The summed E-state index contributed by atoms with van der Waals surface area (Å²) in [7, 11) is 0. The molecular weight excluding hydrogens is 358 g/mol. The topological polar surface area (TPSA) is 71.1 Å². The molecule has 6 heteroatoms. The first-order valence-electron chi connectivity index (χ1n) is 8.64. The van der Waals surface area contributed by atoms with Crippen molar-refractivity contribution in [2.75, 3.05) is 0 Å². The van der Waals surface area contributed by atoms with E-state index >= 15 is 0 Å². The summed E-state index contributed by atoms with van der Waals surface area (Å²) in [5, 5.41) is 1.49. The van der Waals surface area contributed by atoms with Crippen LogP contribution in [0.2, 0.25) is 0 Å². The molecule has 0 aliphatic heterocycles. The van der Waals surface area contributed by atoms with Gasteiger partial charge in [-0.25, -0.2) is 4.98 Å². The summed E-state index contributed by atoms with van der Waals surface area (Å²) in [5.74, 6) is -0.634. The Kier molecular flexibility index (Phi) is 5.76. The number of amides is 2. The average Bonchev–Trinajstić information content (AvgIpc) is 2.67. The van der Waals surface area contributed by atoms with Crippen LogP contribution in [0.25, 0.3) is 10.9 Å². The third-order valence-corrected chi connectivity index (χ3v) is 5.24. The van der Waals surface area contributed by atoms with E-state index < -0.39 is 5.25 Å². The molecular formula is C21H21N3O2S. The first kappa shape index (κ1) is 18.9. The maximum absolute atomic E-state index is 12.3. The number of fused-ring (bicyclic) bond motifs is 1. The van der Waals surface area contributed by atoms with E-state index in [4.69, 9.17) is 4.98 Å². The van der Waals surface area contributed by atoms with Gasteiger partial charge < -0.3 is 0 Å². The number of aromatic nitrogens is 1. The van der Waals surface area contributed by atoms with Gasteiger partial charge in [-0.3, -0.25) is 20.4 Å². The van der Waals surface area contributed by atoms with Gasteiger partial charge >= 0.3 is 0 Å². The van der Waals surface area contributed by atoms with Crippen LogP contribution in [-0.2, 0) is 4.79 Å². The van der Waals surface area contributed by atoms with Crippen LogP contribution in [0, 0.1) is 13.8 Å². The summed E-state index contributed by atoms with van der Waals surface area (Å²) >= 11 is 1.36. The highest BCUT2D eigenvalue weighted by Gasteiger charge is 2.17. The predicted molar refractivity (Wildman–Crippen MR) is 109 cm³/mol. The number of benzene rings is 2. The van der Waals surface area contributed by atoms with Crippen LogP contribution < -0.4 is 10.9 Å². The van der Waals surface area contributed by atoms with Gasteiger partial charge in [0.05, 0.1) is 15.8 Å². The summed E-state index contributed by atoms with van der Waals surface area (Å²) in [5.41, 5.74) is 8.58. The third kappa shape index (κ3) is 4.46. The van der Waals surface area contributed by atoms with Gasteiger partial charge in [-0.2, -0.15) is 0 Å². The Hall–Kier alpha value is -2.86. The number of thioether (sulfide) groups is 1. The van der Waals surface area contributed by atoms with Gasteiger partial charge in [-0.15, -0.1) is 0 Å². The minimum absolute atomic E-state index is 0.284. The number of para-hydroxylation sites is 1. The Balaban J connectivity index is 1.65. The molecule has 3 rings (SSSR count). The van der Waals surface area contributed by atoms with E-state index in [9.17, 15) is 9.59 Å². The average molecular weight is 379 g/mol. The summed E-state index contributed by atoms with van der Waals surface area (Å²) < 4.78 is 0. The van der Waals surface area contributed by atoms with Gasteiger partial charge in [0.1, 0.15) is 0 Å².